The van der Waals surface area contributed by atoms with Crippen molar-refractivity contribution in [1.82, 2.24) is 5.32 Å². The second-order valence-corrected chi connectivity index (χ2v) is 7.05. The van der Waals surface area contributed by atoms with E-state index in [4.69, 9.17) is 14.2 Å². The van der Waals surface area contributed by atoms with Gasteiger partial charge in [0.2, 0.25) is 0 Å². The van der Waals surface area contributed by atoms with Crippen molar-refractivity contribution in [3.8, 4) is 11.5 Å². The molecule has 0 aromatic heterocycles. The van der Waals surface area contributed by atoms with Crippen LogP contribution < -0.4 is 14.8 Å². The first kappa shape index (κ1) is 19.3. The Morgan fingerprint density at radius 1 is 1.30 bits per heavy atom. The van der Waals surface area contributed by atoms with Crippen LogP contribution in [0.2, 0.25) is 0 Å². The lowest BCUT2D eigenvalue weighted by Gasteiger charge is -2.11. The van der Waals surface area contributed by atoms with Gasteiger partial charge in [0, 0.05) is 29.7 Å². The molecule has 1 amide bonds. The average Bonchev–Trinajstić information content (AvgIpc) is 3.26. The fraction of sp³-hybridized carbons (Fsp3) is 0.524. The summed E-state index contributed by atoms with van der Waals surface area (Å²) in [6.07, 6.45) is 8.20. The van der Waals surface area contributed by atoms with Gasteiger partial charge >= 0.3 is 5.97 Å². The van der Waals surface area contributed by atoms with E-state index in [9.17, 15) is 9.59 Å². The van der Waals surface area contributed by atoms with Gasteiger partial charge in [-0.2, -0.15) is 0 Å². The van der Waals surface area contributed by atoms with E-state index in [1.165, 1.54) is 6.08 Å². The maximum absolute atomic E-state index is 12.0. The van der Waals surface area contributed by atoms with E-state index in [0.717, 1.165) is 49.0 Å². The van der Waals surface area contributed by atoms with E-state index in [-0.39, 0.29) is 24.7 Å². The predicted octanol–water partition coefficient (Wildman–Crippen LogP) is 3.02. The van der Waals surface area contributed by atoms with E-state index in [0.29, 0.717) is 12.4 Å². The minimum atomic E-state index is -0.561. The summed E-state index contributed by atoms with van der Waals surface area (Å²) < 4.78 is 16.5. The maximum Gasteiger partial charge on any atom is 0.331 e. The summed E-state index contributed by atoms with van der Waals surface area (Å²) >= 11 is 0. The molecule has 3 rings (SSSR count). The molecule has 1 aromatic rings. The normalized spacial score (nSPS) is 19.0. The van der Waals surface area contributed by atoms with Gasteiger partial charge in [0.1, 0.15) is 17.6 Å². The van der Waals surface area contributed by atoms with Crippen LogP contribution in [0, 0.1) is 0 Å². The zero-order chi connectivity index (χ0) is 19.2. The highest BCUT2D eigenvalue weighted by Crippen LogP contribution is 2.35. The molecule has 0 spiro atoms. The molecule has 0 bridgehead atoms. The Balaban J connectivity index is 1.57. The Labute approximate surface area is 159 Å². The van der Waals surface area contributed by atoms with E-state index >= 15 is 0 Å². The number of nitrogens with one attached hydrogen (secondary N) is 1. The van der Waals surface area contributed by atoms with Crippen molar-refractivity contribution in [2.75, 3.05) is 13.2 Å². The van der Waals surface area contributed by atoms with Crippen LogP contribution in [0.3, 0.4) is 0 Å². The molecule has 146 valence electrons. The van der Waals surface area contributed by atoms with Crippen LogP contribution in [0.15, 0.2) is 18.2 Å². The van der Waals surface area contributed by atoms with Crippen molar-refractivity contribution in [3.63, 3.8) is 0 Å². The molecule has 0 saturated heterocycles. The molecular formula is C21H27NO5. The molecule has 1 aliphatic carbocycles. The van der Waals surface area contributed by atoms with Crippen molar-refractivity contribution in [2.24, 2.45) is 0 Å². The maximum atomic E-state index is 12.0. The summed E-state index contributed by atoms with van der Waals surface area (Å²) in [5.41, 5.74) is 1.85. The predicted molar refractivity (Wildman–Crippen MR) is 102 cm³/mol. The van der Waals surface area contributed by atoms with E-state index in [1.807, 2.05) is 26.0 Å². The number of carbonyl (C=O) groups excluding carboxylic acids is 2. The molecular weight excluding hydrogens is 346 g/mol. The van der Waals surface area contributed by atoms with Gasteiger partial charge in [0.15, 0.2) is 6.61 Å². The molecule has 1 saturated carbocycles. The molecule has 27 heavy (non-hydrogen) atoms. The van der Waals surface area contributed by atoms with Gasteiger partial charge in [-0.1, -0.05) is 12.8 Å². The molecule has 1 heterocycles. The van der Waals surface area contributed by atoms with Crippen LogP contribution in [0.4, 0.5) is 0 Å². The summed E-state index contributed by atoms with van der Waals surface area (Å²) in [6, 6.07) is 4.05. The topological polar surface area (TPSA) is 73.9 Å². The summed E-state index contributed by atoms with van der Waals surface area (Å²) in [4.78, 5) is 23.8. The highest BCUT2D eigenvalue weighted by Gasteiger charge is 2.21. The molecule has 1 N–H and O–H groups in total. The van der Waals surface area contributed by atoms with Crippen LogP contribution in [-0.4, -0.2) is 37.2 Å². The third kappa shape index (κ3) is 5.25. The van der Waals surface area contributed by atoms with Gasteiger partial charge in [-0.3, -0.25) is 4.79 Å². The fourth-order valence-corrected chi connectivity index (χ4v) is 3.55. The standard InChI is InChI=1S/C21H27NO5/c1-3-25-18-12-16-10-14(2)27-19(16)11-15(18)8-9-21(24)26-13-20(23)22-17-6-4-5-7-17/h8-9,11-12,14,17H,3-7,10,13H2,1-2H3,(H,22,23)/b9-8+/t14-/m0/s1. The quantitative estimate of drug-likeness (QED) is 0.587. The second-order valence-electron chi connectivity index (χ2n) is 7.05. The minimum absolute atomic E-state index is 0.136. The fourth-order valence-electron chi connectivity index (χ4n) is 3.55. The summed E-state index contributed by atoms with van der Waals surface area (Å²) in [6.45, 7) is 4.20. The van der Waals surface area contributed by atoms with Crippen molar-refractivity contribution < 1.29 is 23.8 Å². The van der Waals surface area contributed by atoms with Crippen LogP contribution in [0.1, 0.15) is 50.7 Å². The van der Waals surface area contributed by atoms with Gasteiger partial charge < -0.3 is 19.5 Å². The number of rotatable bonds is 7. The number of ether oxygens (including phenoxy) is 3. The molecule has 2 aliphatic rings. The molecule has 1 fully saturated rings. The third-order valence-electron chi connectivity index (χ3n) is 4.79. The van der Waals surface area contributed by atoms with E-state index < -0.39 is 5.97 Å². The summed E-state index contributed by atoms with van der Waals surface area (Å²) in [5, 5.41) is 2.89. The Kier molecular flexibility index (Phi) is 6.37. The number of fused-ring (bicyclic) bond motifs is 1. The average molecular weight is 373 g/mol. The zero-order valence-electron chi connectivity index (χ0n) is 16.0. The smallest absolute Gasteiger partial charge is 0.331 e. The van der Waals surface area contributed by atoms with Gasteiger partial charge in [0.05, 0.1) is 6.61 Å². The molecule has 1 aromatic carbocycles. The molecule has 1 atom stereocenters. The molecule has 0 radical (unpaired) electrons. The minimum Gasteiger partial charge on any atom is -0.493 e. The van der Waals surface area contributed by atoms with Crippen LogP contribution in [0.5, 0.6) is 11.5 Å². The first-order valence-corrected chi connectivity index (χ1v) is 9.65. The molecule has 6 heteroatoms. The number of esters is 1. The van der Waals surface area contributed by atoms with E-state index in [2.05, 4.69) is 5.32 Å². The Hall–Kier alpha value is -2.50. The Morgan fingerprint density at radius 3 is 2.81 bits per heavy atom. The first-order valence-electron chi connectivity index (χ1n) is 9.65. The number of carbonyl (C=O) groups is 2. The molecule has 6 nitrogen and oxygen atoms in total. The van der Waals surface area contributed by atoms with Crippen molar-refractivity contribution in [1.29, 1.82) is 0 Å². The number of hydrogen-bond acceptors (Lipinski definition) is 5. The molecule has 0 unspecified atom stereocenters. The Bertz CT molecular complexity index is 722. The largest absolute Gasteiger partial charge is 0.493 e. The van der Waals surface area contributed by atoms with E-state index in [1.54, 1.807) is 6.08 Å². The first-order chi connectivity index (χ1) is 13.0. The lowest BCUT2D eigenvalue weighted by Crippen LogP contribution is -2.35. The lowest BCUT2D eigenvalue weighted by atomic mass is 10.1. The zero-order valence-corrected chi connectivity index (χ0v) is 16.0. The van der Waals surface area contributed by atoms with Crippen LogP contribution >= 0.6 is 0 Å². The monoisotopic (exact) mass is 373 g/mol. The molecule has 1 aliphatic heterocycles. The number of benzene rings is 1. The summed E-state index contributed by atoms with van der Waals surface area (Å²) in [7, 11) is 0. The van der Waals surface area contributed by atoms with Crippen LogP contribution in [-0.2, 0) is 20.7 Å². The highest BCUT2D eigenvalue weighted by molar-refractivity contribution is 5.89. The van der Waals surface area contributed by atoms with Gasteiger partial charge in [-0.05, 0) is 44.9 Å². The third-order valence-corrected chi connectivity index (χ3v) is 4.79. The van der Waals surface area contributed by atoms with Gasteiger partial charge in [-0.25, -0.2) is 4.79 Å². The second kappa shape index (κ2) is 8.93. The van der Waals surface area contributed by atoms with Crippen molar-refractivity contribution >= 4 is 18.0 Å². The van der Waals surface area contributed by atoms with Crippen molar-refractivity contribution in [2.45, 2.75) is 58.1 Å². The summed E-state index contributed by atoms with van der Waals surface area (Å²) in [5.74, 6) is 0.708. The van der Waals surface area contributed by atoms with Gasteiger partial charge in [-0.15, -0.1) is 0 Å². The highest BCUT2D eigenvalue weighted by atomic mass is 16.5. The van der Waals surface area contributed by atoms with Crippen LogP contribution in [0.25, 0.3) is 6.08 Å². The number of amides is 1. The van der Waals surface area contributed by atoms with Crippen molar-refractivity contribution in [3.05, 3.63) is 29.3 Å². The SMILES string of the molecule is CCOc1cc2c(cc1/C=C/C(=O)OCC(=O)NC1CCCC1)O[C@@H](C)C2. The van der Waals surface area contributed by atoms with Gasteiger partial charge in [0.25, 0.3) is 5.91 Å². The lowest BCUT2D eigenvalue weighted by molar-refractivity contribution is -0.144. The Morgan fingerprint density at radius 2 is 2.07 bits per heavy atom. The number of hydrogen-bond donors (Lipinski definition) is 1.